The number of nitrogens with one attached hydrogen (secondary N) is 1. The average Bonchev–Trinajstić information content (AvgIpc) is 3.37. The zero-order chi connectivity index (χ0) is 19.7. The highest BCUT2D eigenvalue weighted by molar-refractivity contribution is 6.06. The Morgan fingerprint density at radius 1 is 1.14 bits per heavy atom. The third kappa shape index (κ3) is 3.34. The lowest BCUT2D eigenvalue weighted by Gasteiger charge is -2.17. The van der Waals surface area contributed by atoms with Gasteiger partial charge in [-0.15, -0.1) is 0 Å². The standard InChI is InChI=1S/C20H21N3O5/c21-11-12-3-5-13(6-4-12)22-20(26)27-10-2-1-9-23-18(24)16-14-7-8-15(28-14)17(16)19(23)25/h3-6,14-17H,1-2,7-10H2,(H,22,26). The van der Waals surface area contributed by atoms with Crippen molar-refractivity contribution >= 4 is 23.6 Å². The number of hydrogen-bond donors (Lipinski definition) is 1. The number of ether oxygens (including phenoxy) is 2. The topological polar surface area (TPSA) is 109 Å². The lowest BCUT2D eigenvalue weighted by atomic mass is 9.81. The smallest absolute Gasteiger partial charge is 0.411 e. The minimum atomic E-state index is -0.582. The third-order valence-electron chi connectivity index (χ3n) is 5.65. The van der Waals surface area contributed by atoms with E-state index in [1.165, 1.54) is 4.90 Å². The molecule has 2 bridgehead atoms. The second kappa shape index (κ2) is 7.60. The van der Waals surface area contributed by atoms with Gasteiger partial charge in [-0.2, -0.15) is 5.26 Å². The van der Waals surface area contributed by atoms with Gasteiger partial charge in [-0.05, 0) is 49.9 Å². The molecule has 8 heteroatoms. The number of likely N-dealkylation sites (tertiary alicyclic amines) is 1. The lowest BCUT2D eigenvalue weighted by Crippen LogP contribution is -2.35. The minimum absolute atomic E-state index is 0.0919. The molecule has 146 valence electrons. The van der Waals surface area contributed by atoms with Crippen molar-refractivity contribution in [3.63, 3.8) is 0 Å². The summed E-state index contributed by atoms with van der Waals surface area (Å²) in [5.74, 6) is -0.801. The molecule has 8 nitrogen and oxygen atoms in total. The fraction of sp³-hybridized carbons (Fsp3) is 0.500. The van der Waals surface area contributed by atoms with Crippen molar-refractivity contribution in [2.24, 2.45) is 11.8 Å². The van der Waals surface area contributed by atoms with Crippen LogP contribution in [0.1, 0.15) is 31.2 Å². The van der Waals surface area contributed by atoms with Crippen molar-refractivity contribution in [2.75, 3.05) is 18.5 Å². The molecule has 4 rings (SSSR count). The Morgan fingerprint density at radius 2 is 1.79 bits per heavy atom. The highest BCUT2D eigenvalue weighted by Gasteiger charge is 2.62. The SMILES string of the molecule is N#Cc1ccc(NC(=O)OCCCCN2C(=O)C3C4CCC(O4)C3C2=O)cc1. The number of unbranched alkanes of at least 4 members (excludes halogenated alkanes) is 1. The summed E-state index contributed by atoms with van der Waals surface area (Å²) < 4.78 is 10.8. The predicted octanol–water partition coefficient (Wildman–Crippen LogP) is 2.05. The van der Waals surface area contributed by atoms with Crippen molar-refractivity contribution in [3.05, 3.63) is 29.8 Å². The Hall–Kier alpha value is -2.92. The molecule has 3 aliphatic rings. The Labute approximate surface area is 162 Å². The maximum absolute atomic E-state index is 12.5. The van der Waals surface area contributed by atoms with Crippen molar-refractivity contribution in [1.29, 1.82) is 5.26 Å². The van der Waals surface area contributed by atoms with E-state index in [1.807, 2.05) is 6.07 Å². The van der Waals surface area contributed by atoms with Crippen molar-refractivity contribution in [2.45, 2.75) is 37.9 Å². The average molecular weight is 383 g/mol. The highest BCUT2D eigenvalue weighted by Crippen LogP contribution is 2.48. The Bertz CT molecular complexity index is 803. The van der Waals surface area contributed by atoms with E-state index in [2.05, 4.69) is 5.32 Å². The molecule has 0 aromatic heterocycles. The molecule has 4 atom stereocenters. The molecule has 0 spiro atoms. The number of benzene rings is 1. The number of carbonyl (C=O) groups is 3. The maximum Gasteiger partial charge on any atom is 0.411 e. The van der Waals surface area contributed by atoms with Crippen LogP contribution < -0.4 is 5.32 Å². The largest absolute Gasteiger partial charge is 0.449 e. The number of carbonyl (C=O) groups excluding carboxylic acids is 3. The van der Waals surface area contributed by atoms with Gasteiger partial charge in [0, 0.05) is 12.2 Å². The molecular weight excluding hydrogens is 362 g/mol. The first kappa shape index (κ1) is 18.4. The first-order valence-corrected chi connectivity index (χ1v) is 9.53. The van der Waals surface area contributed by atoms with E-state index in [9.17, 15) is 14.4 Å². The summed E-state index contributed by atoms with van der Waals surface area (Å²) in [6.45, 7) is 0.546. The van der Waals surface area contributed by atoms with E-state index in [0.29, 0.717) is 30.6 Å². The molecule has 3 aliphatic heterocycles. The lowest BCUT2D eigenvalue weighted by molar-refractivity contribution is -0.142. The zero-order valence-corrected chi connectivity index (χ0v) is 15.3. The second-order valence-corrected chi connectivity index (χ2v) is 7.33. The van der Waals surface area contributed by atoms with E-state index < -0.39 is 6.09 Å². The molecule has 1 N–H and O–H groups in total. The fourth-order valence-corrected chi connectivity index (χ4v) is 4.31. The van der Waals surface area contributed by atoms with Crippen LogP contribution in [0.4, 0.5) is 10.5 Å². The summed E-state index contributed by atoms with van der Waals surface area (Å²) in [6.07, 6.45) is 2.09. The fourth-order valence-electron chi connectivity index (χ4n) is 4.31. The predicted molar refractivity (Wildman–Crippen MR) is 97.0 cm³/mol. The summed E-state index contributed by atoms with van der Waals surface area (Å²) >= 11 is 0. The molecular formula is C20H21N3O5. The quantitative estimate of drug-likeness (QED) is 0.595. The van der Waals surface area contributed by atoms with Gasteiger partial charge < -0.3 is 9.47 Å². The van der Waals surface area contributed by atoms with Gasteiger partial charge in [0.1, 0.15) is 0 Å². The van der Waals surface area contributed by atoms with Crippen molar-refractivity contribution < 1.29 is 23.9 Å². The maximum atomic E-state index is 12.5. The van der Waals surface area contributed by atoms with Gasteiger partial charge in [0.25, 0.3) is 0 Å². The summed E-state index contributed by atoms with van der Waals surface area (Å²) in [4.78, 5) is 38.2. The van der Waals surface area contributed by atoms with Crippen LogP contribution in [-0.2, 0) is 19.1 Å². The molecule has 3 amide bonds. The molecule has 1 aromatic rings. The van der Waals surface area contributed by atoms with Crippen LogP contribution in [0.2, 0.25) is 0 Å². The van der Waals surface area contributed by atoms with Crippen LogP contribution in [-0.4, -0.2) is 48.2 Å². The van der Waals surface area contributed by atoms with Crippen molar-refractivity contribution in [1.82, 2.24) is 4.90 Å². The molecule has 4 unspecified atom stereocenters. The second-order valence-electron chi connectivity index (χ2n) is 7.33. The van der Waals surface area contributed by atoms with Gasteiger partial charge in [-0.1, -0.05) is 0 Å². The van der Waals surface area contributed by atoms with Crippen LogP contribution in [0.5, 0.6) is 0 Å². The van der Waals surface area contributed by atoms with Gasteiger partial charge >= 0.3 is 6.09 Å². The number of hydrogen-bond acceptors (Lipinski definition) is 6. The monoisotopic (exact) mass is 383 g/mol. The van der Waals surface area contributed by atoms with Crippen LogP contribution in [0.15, 0.2) is 24.3 Å². The molecule has 0 aliphatic carbocycles. The Morgan fingerprint density at radius 3 is 2.39 bits per heavy atom. The Kier molecular flexibility index (Phi) is 5.01. The first-order valence-electron chi connectivity index (χ1n) is 9.53. The van der Waals surface area contributed by atoms with E-state index in [0.717, 1.165) is 12.8 Å². The normalized spacial score (nSPS) is 27.6. The molecule has 28 heavy (non-hydrogen) atoms. The van der Waals surface area contributed by atoms with Gasteiger partial charge in [0.2, 0.25) is 11.8 Å². The van der Waals surface area contributed by atoms with Crippen LogP contribution in [0, 0.1) is 23.2 Å². The first-order chi connectivity index (χ1) is 13.6. The highest BCUT2D eigenvalue weighted by atomic mass is 16.5. The van der Waals surface area contributed by atoms with Crippen LogP contribution in [0.25, 0.3) is 0 Å². The summed E-state index contributed by atoms with van der Waals surface area (Å²) in [6, 6.07) is 8.46. The van der Waals surface area contributed by atoms with E-state index in [-0.39, 0.29) is 42.5 Å². The third-order valence-corrected chi connectivity index (χ3v) is 5.65. The van der Waals surface area contributed by atoms with Gasteiger partial charge in [-0.25, -0.2) is 4.79 Å². The summed E-state index contributed by atoms with van der Waals surface area (Å²) in [5, 5.41) is 11.3. The number of anilines is 1. The van der Waals surface area contributed by atoms with Gasteiger partial charge in [-0.3, -0.25) is 19.8 Å². The van der Waals surface area contributed by atoms with Gasteiger partial charge in [0.15, 0.2) is 0 Å². The molecule has 3 saturated heterocycles. The molecule has 3 heterocycles. The van der Waals surface area contributed by atoms with Crippen molar-refractivity contribution in [3.8, 4) is 6.07 Å². The Balaban J connectivity index is 1.17. The molecule has 0 radical (unpaired) electrons. The number of imide groups is 1. The molecule has 3 fully saturated rings. The van der Waals surface area contributed by atoms with E-state index >= 15 is 0 Å². The van der Waals surface area contributed by atoms with Crippen LogP contribution in [0.3, 0.4) is 0 Å². The summed E-state index contributed by atoms with van der Waals surface area (Å²) in [7, 11) is 0. The number of nitrogens with zero attached hydrogens (tertiary/aromatic N) is 2. The number of amides is 3. The number of nitriles is 1. The minimum Gasteiger partial charge on any atom is -0.449 e. The van der Waals surface area contributed by atoms with Crippen LogP contribution >= 0.6 is 0 Å². The molecule has 0 saturated carbocycles. The van der Waals surface area contributed by atoms with E-state index in [4.69, 9.17) is 14.7 Å². The number of rotatable bonds is 6. The number of fused-ring (bicyclic) bond motifs is 5. The zero-order valence-electron chi connectivity index (χ0n) is 15.3. The molecule has 1 aromatic carbocycles. The van der Waals surface area contributed by atoms with E-state index in [1.54, 1.807) is 24.3 Å². The van der Waals surface area contributed by atoms with Gasteiger partial charge in [0.05, 0.1) is 42.3 Å². The summed E-state index contributed by atoms with van der Waals surface area (Å²) in [5.41, 5.74) is 1.05.